The van der Waals surface area contributed by atoms with E-state index in [1.165, 1.54) is 0 Å². The van der Waals surface area contributed by atoms with E-state index in [4.69, 9.17) is 5.73 Å². The van der Waals surface area contributed by atoms with Crippen molar-refractivity contribution in [2.75, 3.05) is 0 Å². The summed E-state index contributed by atoms with van der Waals surface area (Å²) in [5.41, 5.74) is 6.64. The number of nitrogens with one attached hydrogen (secondary N) is 1. The Kier molecular flexibility index (Phi) is 2.14. The summed E-state index contributed by atoms with van der Waals surface area (Å²) in [4.78, 5) is 0. The maximum atomic E-state index is 10.1. The van der Waals surface area contributed by atoms with Crippen LogP contribution in [0.5, 0.6) is 0 Å². The van der Waals surface area contributed by atoms with Crippen LogP contribution in [-0.4, -0.2) is 13.8 Å². The second-order valence-corrected chi connectivity index (χ2v) is 2.93. The predicted octanol–water partition coefficient (Wildman–Crippen LogP) is -0.930. The molecule has 0 saturated carbocycles. The van der Waals surface area contributed by atoms with Crippen molar-refractivity contribution in [3.8, 4) is 0 Å². The van der Waals surface area contributed by atoms with E-state index in [1.54, 1.807) is 0 Å². The van der Waals surface area contributed by atoms with Crippen molar-refractivity contribution in [1.82, 2.24) is 5.73 Å². The van der Waals surface area contributed by atoms with Gasteiger partial charge in [-0.2, -0.15) is 0 Å². The summed E-state index contributed by atoms with van der Waals surface area (Å²) in [6.45, 7) is 3.08. The molecule has 5 heteroatoms. The maximum Gasteiger partial charge on any atom is 0.230 e. The highest BCUT2D eigenvalue weighted by Gasteiger charge is 2.10. The highest BCUT2D eigenvalue weighted by Crippen LogP contribution is 1.87. The van der Waals surface area contributed by atoms with Gasteiger partial charge in [0.25, 0.3) is 0 Å². The van der Waals surface area contributed by atoms with Crippen LogP contribution in [0, 0.1) is 0 Å². The van der Waals surface area contributed by atoms with Crippen molar-refractivity contribution in [3.63, 3.8) is 0 Å². The third-order valence-electron chi connectivity index (χ3n) is 0.568. The molecule has 8 heavy (non-hydrogen) atoms. The van der Waals surface area contributed by atoms with Gasteiger partial charge in [0.15, 0.2) is 5.37 Å². The lowest BCUT2D eigenvalue weighted by atomic mass is 10.7. The SMILES string of the molecule is C=CC([NH])S(N)(=O)=O. The van der Waals surface area contributed by atoms with Gasteiger partial charge in [0.05, 0.1) is 0 Å². The predicted molar refractivity (Wildman–Crippen MR) is 30.2 cm³/mol. The van der Waals surface area contributed by atoms with E-state index in [0.29, 0.717) is 0 Å². The van der Waals surface area contributed by atoms with E-state index in [-0.39, 0.29) is 0 Å². The van der Waals surface area contributed by atoms with Gasteiger partial charge in [-0.05, 0) is 0 Å². The van der Waals surface area contributed by atoms with E-state index in [9.17, 15) is 8.42 Å². The van der Waals surface area contributed by atoms with Crippen LogP contribution in [0.2, 0.25) is 0 Å². The molecular formula is C3H7N2O2S. The van der Waals surface area contributed by atoms with Gasteiger partial charge >= 0.3 is 0 Å². The average molecular weight is 135 g/mol. The lowest BCUT2D eigenvalue weighted by Crippen LogP contribution is -2.27. The van der Waals surface area contributed by atoms with E-state index in [0.717, 1.165) is 6.08 Å². The van der Waals surface area contributed by atoms with Crippen LogP contribution in [0.4, 0.5) is 0 Å². The molecule has 0 heterocycles. The van der Waals surface area contributed by atoms with Gasteiger partial charge in [0.1, 0.15) is 0 Å². The Morgan fingerprint density at radius 1 is 1.75 bits per heavy atom. The van der Waals surface area contributed by atoms with Gasteiger partial charge < -0.3 is 0 Å². The molecule has 0 bridgehead atoms. The van der Waals surface area contributed by atoms with Crippen molar-refractivity contribution in [2.45, 2.75) is 5.37 Å². The minimum Gasteiger partial charge on any atom is -0.233 e. The molecule has 1 atom stereocenters. The van der Waals surface area contributed by atoms with E-state index >= 15 is 0 Å². The van der Waals surface area contributed by atoms with Crippen LogP contribution in [0.1, 0.15) is 0 Å². The van der Waals surface area contributed by atoms with Crippen LogP contribution in [0.15, 0.2) is 12.7 Å². The Morgan fingerprint density at radius 2 is 2.12 bits per heavy atom. The van der Waals surface area contributed by atoms with Crippen LogP contribution in [0.3, 0.4) is 0 Å². The van der Waals surface area contributed by atoms with Crippen molar-refractivity contribution >= 4 is 10.0 Å². The zero-order chi connectivity index (χ0) is 6.78. The maximum absolute atomic E-state index is 10.1. The van der Waals surface area contributed by atoms with Crippen LogP contribution in [0.25, 0.3) is 0 Å². The fourth-order valence-electron chi connectivity index (χ4n) is 0.134. The topological polar surface area (TPSA) is 84.0 Å². The molecule has 0 saturated heterocycles. The first-order valence-electron chi connectivity index (χ1n) is 1.83. The molecule has 47 valence electrons. The second kappa shape index (κ2) is 2.25. The zero-order valence-electron chi connectivity index (χ0n) is 4.16. The van der Waals surface area contributed by atoms with Crippen LogP contribution < -0.4 is 10.9 Å². The van der Waals surface area contributed by atoms with Crippen LogP contribution in [-0.2, 0) is 10.0 Å². The fourth-order valence-corrected chi connectivity index (χ4v) is 0.402. The van der Waals surface area contributed by atoms with Gasteiger partial charge in [-0.15, -0.1) is 6.58 Å². The lowest BCUT2D eigenvalue weighted by Gasteiger charge is -1.97. The Morgan fingerprint density at radius 3 is 2.12 bits per heavy atom. The first-order valence-corrected chi connectivity index (χ1v) is 3.44. The second-order valence-electron chi connectivity index (χ2n) is 1.25. The Hall–Kier alpha value is -0.390. The summed E-state index contributed by atoms with van der Waals surface area (Å²) >= 11 is 0. The van der Waals surface area contributed by atoms with E-state index < -0.39 is 15.4 Å². The standard InChI is InChI=1S/C3H7N2O2S/c1-2-3(4)8(5,6)7/h2-4H,1H2,(H2,5,6,7). The Bertz CT molecular complexity index is 172. The fraction of sp³-hybridized carbons (Fsp3) is 0.333. The normalized spacial score (nSPS) is 15.2. The highest BCUT2D eigenvalue weighted by molar-refractivity contribution is 7.89. The van der Waals surface area contributed by atoms with E-state index in [2.05, 4.69) is 11.7 Å². The van der Waals surface area contributed by atoms with Crippen molar-refractivity contribution in [1.29, 1.82) is 0 Å². The molecule has 1 radical (unpaired) electrons. The average Bonchev–Trinajstić information content (AvgIpc) is 1.62. The van der Waals surface area contributed by atoms with Crippen molar-refractivity contribution in [2.24, 2.45) is 5.14 Å². The van der Waals surface area contributed by atoms with E-state index in [1.807, 2.05) is 0 Å². The molecule has 0 aliphatic heterocycles. The number of hydrogen-bond acceptors (Lipinski definition) is 2. The molecule has 0 amide bonds. The smallest absolute Gasteiger partial charge is 0.230 e. The summed E-state index contributed by atoms with van der Waals surface area (Å²) in [6, 6.07) is 0. The van der Waals surface area contributed by atoms with Gasteiger partial charge in [0.2, 0.25) is 10.0 Å². The summed E-state index contributed by atoms with van der Waals surface area (Å²) in [5.74, 6) is 0. The molecule has 0 aromatic rings. The van der Waals surface area contributed by atoms with Crippen LogP contribution >= 0.6 is 0 Å². The lowest BCUT2D eigenvalue weighted by molar-refractivity contribution is 0.590. The first kappa shape index (κ1) is 7.61. The molecule has 0 spiro atoms. The quantitative estimate of drug-likeness (QED) is 0.496. The molecule has 0 aliphatic rings. The third kappa shape index (κ3) is 2.06. The van der Waals surface area contributed by atoms with Gasteiger partial charge in [-0.1, -0.05) is 6.08 Å². The highest BCUT2D eigenvalue weighted by atomic mass is 32.2. The summed E-state index contributed by atoms with van der Waals surface area (Å²) in [5, 5.41) is 3.12. The molecule has 3 N–H and O–H groups in total. The largest absolute Gasteiger partial charge is 0.233 e. The number of sulfonamides is 1. The molecule has 0 fully saturated rings. The molecule has 1 unspecified atom stereocenters. The van der Waals surface area contributed by atoms with Crippen molar-refractivity contribution < 1.29 is 8.42 Å². The van der Waals surface area contributed by atoms with Gasteiger partial charge in [-0.25, -0.2) is 19.3 Å². The number of hydrogen-bond donors (Lipinski definition) is 1. The first-order chi connectivity index (χ1) is 3.48. The molecule has 0 rings (SSSR count). The number of rotatable bonds is 2. The molecule has 0 aromatic carbocycles. The Balaban J connectivity index is 4.26. The van der Waals surface area contributed by atoms with Gasteiger partial charge in [-0.3, -0.25) is 0 Å². The zero-order valence-corrected chi connectivity index (χ0v) is 4.98. The molecule has 0 aliphatic carbocycles. The minimum atomic E-state index is -3.70. The number of nitrogens with two attached hydrogens (primary N) is 1. The summed E-state index contributed by atoms with van der Waals surface area (Å²) < 4.78 is 20.2. The minimum absolute atomic E-state index is 0.954. The molecule has 0 aromatic heterocycles. The monoisotopic (exact) mass is 135 g/mol. The summed E-state index contributed by atoms with van der Waals surface area (Å²) in [7, 11) is -3.70. The molecule has 4 nitrogen and oxygen atoms in total. The summed E-state index contributed by atoms with van der Waals surface area (Å²) in [6.07, 6.45) is 0.954. The third-order valence-corrected chi connectivity index (χ3v) is 1.47. The molecular weight excluding hydrogens is 128 g/mol. The van der Waals surface area contributed by atoms with Crippen molar-refractivity contribution in [3.05, 3.63) is 12.7 Å². The number of primary sulfonamides is 1. The Labute approximate surface area is 48.2 Å². The van der Waals surface area contributed by atoms with Gasteiger partial charge in [0, 0.05) is 0 Å².